The lowest BCUT2D eigenvalue weighted by Gasteiger charge is -2.18. The SMILES string of the molecule is Cc1ccc(F)cc1CC(NN)c1ncc(Br)cc1Br. The van der Waals surface area contributed by atoms with Gasteiger partial charge in [0.2, 0.25) is 0 Å². The average Bonchev–Trinajstić information content (AvgIpc) is 2.40. The molecule has 0 radical (unpaired) electrons. The number of hydrazine groups is 1. The molecule has 0 fully saturated rings. The number of rotatable bonds is 4. The van der Waals surface area contributed by atoms with Crippen molar-refractivity contribution in [2.24, 2.45) is 5.84 Å². The van der Waals surface area contributed by atoms with Crippen LogP contribution in [0.3, 0.4) is 0 Å². The molecule has 0 saturated heterocycles. The highest BCUT2D eigenvalue weighted by Crippen LogP contribution is 2.27. The van der Waals surface area contributed by atoms with Crippen molar-refractivity contribution in [2.45, 2.75) is 19.4 Å². The van der Waals surface area contributed by atoms with Crippen molar-refractivity contribution in [1.29, 1.82) is 0 Å². The number of hydrogen-bond donors (Lipinski definition) is 2. The first kappa shape index (κ1) is 15.6. The van der Waals surface area contributed by atoms with Crippen molar-refractivity contribution >= 4 is 31.9 Å². The summed E-state index contributed by atoms with van der Waals surface area (Å²) in [5.74, 6) is 5.39. The third kappa shape index (κ3) is 3.63. The lowest BCUT2D eigenvalue weighted by molar-refractivity contribution is 0.532. The summed E-state index contributed by atoms with van der Waals surface area (Å²) in [5, 5.41) is 0. The molecule has 106 valence electrons. The maximum atomic E-state index is 13.4. The molecule has 0 bridgehead atoms. The second kappa shape index (κ2) is 6.76. The van der Waals surface area contributed by atoms with Gasteiger partial charge in [-0.25, -0.2) is 4.39 Å². The highest BCUT2D eigenvalue weighted by molar-refractivity contribution is 9.11. The van der Waals surface area contributed by atoms with E-state index in [0.29, 0.717) is 6.42 Å². The van der Waals surface area contributed by atoms with Crippen molar-refractivity contribution in [3.8, 4) is 0 Å². The predicted molar refractivity (Wildman–Crippen MR) is 84.5 cm³/mol. The standard InChI is InChI=1S/C14H14Br2FN3/c1-8-2-3-11(17)4-9(8)5-13(20-18)14-12(16)6-10(15)7-19-14/h2-4,6-7,13,20H,5,18H2,1H3. The van der Waals surface area contributed by atoms with Gasteiger partial charge in [-0.2, -0.15) is 0 Å². The van der Waals surface area contributed by atoms with Crippen LogP contribution >= 0.6 is 31.9 Å². The number of pyridine rings is 1. The van der Waals surface area contributed by atoms with Crippen molar-refractivity contribution in [1.82, 2.24) is 10.4 Å². The molecule has 0 aliphatic heterocycles. The van der Waals surface area contributed by atoms with Crippen molar-refractivity contribution in [3.05, 3.63) is 62.0 Å². The lowest BCUT2D eigenvalue weighted by Crippen LogP contribution is -2.30. The maximum absolute atomic E-state index is 13.4. The fraction of sp³-hybridized carbons (Fsp3) is 0.214. The van der Waals surface area contributed by atoms with Crippen molar-refractivity contribution in [2.75, 3.05) is 0 Å². The smallest absolute Gasteiger partial charge is 0.123 e. The van der Waals surface area contributed by atoms with E-state index in [4.69, 9.17) is 5.84 Å². The topological polar surface area (TPSA) is 50.9 Å². The molecular formula is C14H14Br2FN3. The van der Waals surface area contributed by atoms with Crippen LogP contribution < -0.4 is 11.3 Å². The zero-order valence-electron chi connectivity index (χ0n) is 10.8. The third-order valence-corrected chi connectivity index (χ3v) is 4.17. The van der Waals surface area contributed by atoms with E-state index in [0.717, 1.165) is 25.8 Å². The van der Waals surface area contributed by atoms with Crippen LogP contribution in [0.15, 0.2) is 39.4 Å². The molecule has 3 N–H and O–H groups in total. The van der Waals surface area contributed by atoms with Gasteiger partial charge >= 0.3 is 0 Å². The van der Waals surface area contributed by atoms with E-state index in [1.807, 2.05) is 13.0 Å². The molecule has 2 aromatic rings. The summed E-state index contributed by atoms with van der Waals surface area (Å²) >= 11 is 6.83. The molecule has 0 aliphatic rings. The summed E-state index contributed by atoms with van der Waals surface area (Å²) < 4.78 is 15.1. The molecule has 1 unspecified atom stereocenters. The summed E-state index contributed by atoms with van der Waals surface area (Å²) in [5.41, 5.74) is 5.47. The average molecular weight is 403 g/mol. The van der Waals surface area contributed by atoms with Gasteiger partial charge in [-0.1, -0.05) is 6.07 Å². The number of nitrogens with one attached hydrogen (secondary N) is 1. The zero-order valence-corrected chi connectivity index (χ0v) is 14.0. The van der Waals surface area contributed by atoms with Gasteiger partial charge in [0.25, 0.3) is 0 Å². The Kier molecular flexibility index (Phi) is 5.26. The van der Waals surface area contributed by atoms with Crippen LogP contribution in [0.4, 0.5) is 4.39 Å². The molecule has 1 heterocycles. The monoisotopic (exact) mass is 401 g/mol. The molecule has 1 aromatic heterocycles. The van der Waals surface area contributed by atoms with E-state index >= 15 is 0 Å². The lowest BCUT2D eigenvalue weighted by atomic mass is 9.99. The fourth-order valence-corrected chi connectivity index (χ4v) is 3.26. The van der Waals surface area contributed by atoms with Crippen molar-refractivity contribution in [3.63, 3.8) is 0 Å². The van der Waals surface area contributed by atoms with Gasteiger partial charge in [0, 0.05) is 15.1 Å². The quantitative estimate of drug-likeness (QED) is 0.604. The minimum Gasteiger partial charge on any atom is -0.271 e. The largest absolute Gasteiger partial charge is 0.271 e. The first-order valence-corrected chi connectivity index (χ1v) is 7.62. The number of halogens is 3. The molecule has 0 aliphatic carbocycles. The van der Waals surface area contributed by atoms with Crippen molar-refractivity contribution < 1.29 is 4.39 Å². The van der Waals surface area contributed by atoms with Gasteiger partial charge in [-0.15, -0.1) is 0 Å². The first-order chi connectivity index (χ1) is 9.51. The van der Waals surface area contributed by atoms with E-state index < -0.39 is 0 Å². The van der Waals surface area contributed by atoms with Crippen LogP contribution in [-0.2, 0) is 6.42 Å². The van der Waals surface area contributed by atoms with E-state index in [-0.39, 0.29) is 11.9 Å². The molecule has 3 nitrogen and oxygen atoms in total. The van der Waals surface area contributed by atoms with Crippen LogP contribution in [0.5, 0.6) is 0 Å². The summed E-state index contributed by atoms with van der Waals surface area (Å²) in [6.45, 7) is 1.95. The summed E-state index contributed by atoms with van der Waals surface area (Å²) in [6, 6.07) is 6.47. The zero-order chi connectivity index (χ0) is 14.7. The highest BCUT2D eigenvalue weighted by atomic mass is 79.9. The molecule has 0 amide bonds. The number of hydrogen-bond acceptors (Lipinski definition) is 3. The predicted octanol–water partition coefficient (Wildman–Crippen LogP) is 3.80. The van der Waals surface area contributed by atoms with Gasteiger partial charge in [-0.3, -0.25) is 16.3 Å². The fourth-order valence-electron chi connectivity index (χ4n) is 2.00. The Morgan fingerprint density at radius 1 is 1.35 bits per heavy atom. The molecule has 0 spiro atoms. The Labute approximate surface area is 134 Å². The van der Waals surface area contributed by atoms with E-state index in [1.165, 1.54) is 12.1 Å². The highest BCUT2D eigenvalue weighted by Gasteiger charge is 2.17. The summed E-state index contributed by atoms with van der Waals surface area (Å²) in [7, 11) is 0. The third-order valence-electron chi connectivity index (χ3n) is 3.10. The minimum absolute atomic E-state index is 0.196. The number of aryl methyl sites for hydroxylation is 1. The molecule has 6 heteroatoms. The minimum atomic E-state index is -0.246. The Bertz CT molecular complexity index is 619. The van der Waals surface area contributed by atoms with Crippen LogP contribution in [0, 0.1) is 12.7 Å². The molecule has 1 aromatic carbocycles. The van der Waals surface area contributed by atoms with Gasteiger partial charge < -0.3 is 0 Å². The second-order valence-corrected chi connectivity index (χ2v) is 6.28. The van der Waals surface area contributed by atoms with Crippen LogP contribution in [0.1, 0.15) is 22.9 Å². The summed E-state index contributed by atoms with van der Waals surface area (Å²) in [6.07, 6.45) is 2.27. The summed E-state index contributed by atoms with van der Waals surface area (Å²) in [4.78, 5) is 4.37. The Morgan fingerprint density at radius 2 is 2.10 bits per heavy atom. The second-order valence-electron chi connectivity index (χ2n) is 4.51. The van der Waals surface area contributed by atoms with Crippen LogP contribution in [0.2, 0.25) is 0 Å². The molecule has 0 saturated carbocycles. The van der Waals surface area contributed by atoms with Gasteiger partial charge in [-0.05, 0) is 74.5 Å². The molecule has 1 atom stereocenters. The molecular weight excluding hydrogens is 389 g/mol. The normalized spacial score (nSPS) is 12.4. The Hall–Kier alpha value is -0.820. The van der Waals surface area contributed by atoms with E-state index in [2.05, 4.69) is 42.3 Å². The van der Waals surface area contributed by atoms with E-state index in [1.54, 1.807) is 12.3 Å². The van der Waals surface area contributed by atoms with E-state index in [9.17, 15) is 4.39 Å². The maximum Gasteiger partial charge on any atom is 0.123 e. The number of nitrogens with zero attached hydrogens (tertiary/aromatic N) is 1. The number of benzene rings is 1. The first-order valence-electron chi connectivity index (χ1n) is 6.03. The van der Waals surface area contributed by atoms with Gasteiger partial charge in [0.1, 0.15) is 5.82 Å². The van der Waals surface area contributed by atoms with Crippen LogP contribution in [0.25, 0.3) is 0 Å². The number of aromatic nitrogens is 1. The van der Waals surface area contributed by atoms with Crippen LogP contribution in [-0.4, -0.2) is 4.98 Å². The molecule has 2 rings (SSSR count). The Balaban J connectivity index is 2.31. The molecule has 20 heavy (non-hydrogen) atoms. The van der Waals surface area contributed by atoms with Gasteiger partial charge in [0.15, 0.2) is 0 Å². The number of nitrogens with two attached hydrogens (primary N) is 1. The Morgan fingerprint density at radius 3 is 2.75 bits per heavy atom. The van der Waals surface area contributed by atoms with Gasteiger partial charge in [0.05, 0.1) is 11.7 Å².